The number of aromatic nitrogens is 3. The highest BCUT2D eigenvalue weighted by Crippen LogP contribution is 2.25. The van der Waals surface area contributed by atoms with Gasteiger partial charge in [0.1, 0.15) is 0 Å². The molecule has 0 saturated carbocycles. The Morgan fingerprint density at radius 3 is 2.48 bits per heavy atom. The highest BCUT2D eigenvalue weighted by Gasteiger charge is 2.15. The standard InChI is InChI=1S/C24H21N5O4/c1-3-33-24-26-22(17-9-7-16(2)8-10-17)28(27-24)20-13-11-19(12-14-20)25-23(30)18-5-4-6-21(15-18)29(31)32/h4-15H,3H2,1-2H3,(H,25,30). The van der Waals surface area contributed by atoms with Crippen LogP contribution in [0.4, 0.5) is 11.4 Å². The number of nitro groups is 1. The summed E-state index contributed by atoms with van der Waals surface area (Å²) in [7, 11) is 0. The van der Waals surface area contributed by atoms with Crippen molar-refractivity contribution in [1.29, 1.82) is 0 Å². The van der Waals surface area contributed by atoms with Gasteiger partial charge in [-0.2, -0.15) is 4.98 Å². The number of amides is 1. The topological polar surface area (TPSA) is 112 Å². The summed E-state index contributed by atoms with van der Waals surface area (Å²) in [4.78, 5) is 27.4. The second-order valence-corrected chi connectivity index (χ2v) is 7.24. The SMILES string of the molecule is CCOc1nc(-c2ccc(C)cc2)n(-c2ccc(NC(=O)c3cccc([N+](=O)[O-])c3)cc2)n1. The van der Waals surface area contributed by atoms with E-state index in [0.29, 0.717) is 18.1 Å². The van der Waals surface area contributed by atoms with E-state index in [2.05, 4.69) is 15.4 Å². The van der Waals surface area contributed by atoms with Gasteiger partial charge >= 0.3 is 6.01 Å². The van der Waals surface area contributed by atoms with E-state index in [1.54, 1.807) is 28.9 Å². The van der Waals surface area contributed by atoms with E-state index in [1.165, 1.54) is 24.3 Å². The lowest BCUT2D eigenvalue weighted by atomic mass is 10.1. The van der Waals surface area contributed by atoms with Crippen molar-refractivity contribution >= 4 is 17.3 Å². The highest BCUT2D eigenvalue weighted by atomic mass is 16.6. The van der Waals surface area contributed by atoms with Crippen molar-refractivity contribution in [2.24, 2.45) is 0 Å². The van der Waals surface area contributed by atoms with Crippen LogP contribution in [-0.4, -0.2) is 32.2 Å². The molecular weight excluding hydrogens is 422 g/mol. The summed E-state index contributed by atoms with van der Waals surface area (Å²) < 4.78 is 7.18. The maximum Gasteiger partial charge on any atom is 0.336 e. The number of nitrogens with one attached hydrogen (secondary N) is 1. The van der Waals surface area contributed by atoms with Gasteiger partial charge in [0.15, 0.2) is 5.82 Å². The molecule has 9 heteroatoms. The van der Waals surface area contributed by atoms with Gasteiger partial charge in [0.05, 0.1) is 17.2 Å². The summed E-state index contributed by atoms with van der Waals surface area (Å²) in [6.07, 6.45) is 0. The predicted octanol–water partition coefficient (Wildman–Crippen LogP) is 4.80. The molecule has 0 saturated heterocycles. The van der Waals surface area contributed by atoms with Gasteiger partial charge in [-0.15, -0.1) is 5.10 Å². The normalized spacial score (nSPS) is 10.6. The van der Waals surface area contributed by atoms with Crippen LogP contribution in [0.2, 0.25) is 0 Å². The number of carbonyl (C=O) groups is 1. The molecule has 3 aromatic carbocycles. The zero-order valence-corrected chi connectivity index (χ0v) is 18.1. The number of nitrogens with zero attached hydrogens (tertiary/aromatic N) is 4. The number of hydrogen-bond acceptors (Lipinski definition) is 6. The lowest BCUT2D eigenvalue weighted by Gasteiger charge is -2.09. The molecule has 0 atom stereocenters. The molecule has 4 rings (SSSR count). The number of non-ortho nitro benzene ring substituents is 1. The molecule has 0 bridgehead atoms. The Kier molecular flexibility index (Phi) is 6.12. The number of ether oxygens (including phenoxy) is 1. The number of anilines is 1. The Morgan fingerprint density at radius 1 is 1.09 bits per heavy atom. The third-order valence-corrected chi connectivity index (χ3v) is 4.86. The lowest BCUT2D eigenvalue weighted by Crippen LogP contribution is -2.12. The van der Waals surface area contributed by atoms with E-state index in [9.17, 15) is 14.9 Å². The van der Waals surface area contributed by atoms with Crippen molar-refractivity contribution in [3.05, 3.63) is 94.0 Å². The van der Waals surface area contributed by atoms with E-state index >= 15 is 0 Å². The van der Waals surface area contributed by atoms with E-state index in [1.807, 2.05) is 38.1 Å². The van der Waals surface area contributed by atoms with Crippen LogP contribution in [0.5, 0.6) is 6.01 Å². The number of carbonyl (C=O) groups excluding carboxylic acids is 1. The Morgan fingerprint density at radius 2 is 1.82 bits per heavy atom. The van der Waals surface area contributed by atoms with Crippen LogP contribution in [0.3, 0.4) is 0 Å². The third kappa shape index (κ3) is 4.87. The fourth-order valence-corrected chi connectivity index (χ4v) is 3.20. The Hall–Kier alpha value is -4.53. The summed E-state index contributed by atoms with van der Waals surface area (Å²) in [6.45, 7) is 4.33. The Balaban J connectivity index is 1.59. The first-order valence-electron chi connectivity index (χ1n) is 10.3. The molecule has 1 amide bonds. The zero-order valence-electron chi connectivity index (χ0n) is 18.1. The molecule has 0 radical (unpaired) electrons. The van der Waals surface area contributed by atoms with Crippen LogP contribution in [0.15, 0.2) is 72.8 Å². The van der Waals surface area contributed by atoms with Gasteiger partial charge < -0.3 is 10.1 Å². The molecule has 33 heavy (non-hydrogen) atoms. The molecule has 0 aliphatic heterocycles. The molecule has 0 fully saturated rings. The molecule has 0 aliphatic carbocycles. The van der Waals surface area contributed by atoms with E-state index in [-0.39, 0.29) is 17.3 Å². The highest BCUT2D eigenvalue weighted by molar-refractivity contribution is 6.04. The van der Waals surface area contributed by atoms with Crippen molar-refractivity contribution in [3.8, 4) is 23.1 Å². The Labute approximate surface area is 189 Å². The molecule has 0 aliphatic rings. The number of nitro benzene ring substituents is 1. The number of hydrogen-bond donors (Lipinski definition) is 1. The van der Waals surface area contributed by atoms with E-state index in [0.717, 1.165) is 16.8 Å². The van der Waals surface area contributed by atoms with Gasteiger partial charge in [0.2, 0.25) is 0 Å². The second kappa shape index (κ2) is 9.31. The minimum absolute atomic E-state index is 0.141. The minimum atomic E-state index is -0.536. The van der Waals surface area contributed by atoms with Gasteiger partial charge in [0, 0.05) is 28.9 Å². The summed E-state index contributed by atoms with van der Waals surface area (Å²) in [6, 6.07) is 20.8. The van der Waals surface area contributed by atoms with Crippen molar-refractivity contribution < 1.29 is 14.5 Å². The molecule has 166 valence electrons. The van der Waals surface area contributed by atoms with Crippen molar-refractivity contribution in [2.75, 3.05) is 11.9 Å². The average molecular weight is 443 g/mol. The third-order valence-electron chi connectivity index (χ3n) is 4.86. The minimum Gasteiger partial charge on any atom is -0.463 e. The number of rotatable bonds is 7. The van der Waals surface area contributed by atoms with Gasteiger partial charge in [-0.25, -0.2) is 4.68 Å². The summed E-state index contributed by atoms with van der Waals surface area (Å²) >= 11 is 0. The van der Waals surface area contributed by atoms with Crippen LogP contribution in [0.1, 0.15) is 22.8 Å². The van der Waals surface area contributed by atoms with Gasteiger partial charge in [-0.1, -0.05) is 35.9 Å². The largest absolute Gasteiger partial charge is 0.463 e. The molecule has 1 N–H and O–H groups in total. The van der Waals surface area contributed by atoms with Crippen LogP contribution >= 0.6 is 0 Å². The van der Waals surface area contributed by atoms with Crippen LogP contribution in [-0.2, 0) is 0 Å². The van der Waals surface area contributed by atoms with Crippen LogP contribution in [0.25, 0.3) is 17.1 Å². The quantitative estimate of drug-likeness (QED) is 0.324. The van der Waals surface area contributed by atoms with E-state index in [4.69, 9.17) is 4.74 Å². The van der Waals surface area contributed by atoms with Gasteiger partial charge in [0.25, 0.3) is 11.6 Å². The summed E-state index contributed by atoms with van der Waals surface area (Å²) in [5.74, 6) is 0.193. The first kappa shape index (κ1) is 21.7. The summed E-state index contributed by atoms with van der Waals surface area (Å²) in [5, 5.41) is 18.2. The Bertz CT molecular complexity index is 1300. The molecule has 0 spiro atoms. The van der Waals surface area contributed by atoms with Crippen LogP contribution < -0.4 is 10.1 Å². The van der Waals surface area contributed by atoms with Gasteiger partial charge in [-0.05, 0) is 44.2 Å². The van der Waals surface area contributed by atoms with Gasteiger partial charge in [-0.3, -0.25) is 14.9 Å². The molecular formula is C24H21N5O4. The monoisotopic (exact) mass is 443 g/mol. The lowest BCUT2D eigenvalue weighted by molar-refractivity contribution is -0.384. The summed E-state index contributed by atoms with van der Waals surface area (Å²) in [5.41, 5.74) is 3.36. The predicted molar refractivity (Wildman–Crippen MR) is 124 cm³/mol. The molecule has 1 aromatic heterocycles. The fraction of sp³-hybridized carbons (Fsp3) is 0.125. The average Bonchev–Trinajstić information content (AvgIpc) is 3.24. The first-order chi connectivity index (χ1) is 15.9. The maximum atomic E-state index is 12.5. The smallest absolute Gasteiger partial charge is 0.336 e. The fourth-order valence-electron chi connectivity index (χ4n) is 3.20. The van der Waals surface area contributed by atoms with Crippen molar-refractivity contribution in [3.63, 3.8) is 0 Å². The first-order valence-corrected chi connectivity index (χ1v) is 10.3. The van der Waals surface area contributed by atoms with E-state index < -0.39 is 10.8 Å². The second-order valence-electron chi connectivity index (χ2n) is 7.24. The van der Waals surface area contributed by atoms with Crippen LogP contribution in [0, 0.1) is 17.0 Å². The molecule has 4 aromatic rings. The molecule has 0 unspecified atom stereocenters. The van der Waals surface area contributed by atoms with Crippen molar-refractivity contribution in [2.45, 2.75) is 13.8 Å². The number of aryl methyl sites for hydroxylation is 1. The molecule has 9 nitrogen and oxygen atoms in total. The maximum absolute atomic E-state index is 12.5. The zero-order chi connectivity index (χ0) is 23.4. The number of benzene rings is 3. The van der Waals surface area contributed by atoms with Crippen molar-refractivity contribution in [1.82, 2.24) is 14.8 Å². The molecule has 1 heterocycles.